The molecular weight excluding hydrogens is 444 g/mol. The average Bonchev–Trinajstić information content (AvgIpc) is 3.33. The van der Waals surface area contributed by atoms with E-state index in [-0.39, 0.29) is 30.9 Å². The van der Waals surface area contributed by atoms with Crippen LogP contribution in [0, 0.1) is 0 Å². The van der Waals surface area contributed by atoms with Crippen LogP contribution in [0.3, 0.4) is 0 Å². The fourth-order valence-corrected chi connectivity index (χ4v) is 5.67. The van der Waals surface area contributed by atoms with Crippen molar-refractivity contribution in [2.45, 2.75) is 22.9 Å². The quantitative estimate of drug-likeness (QED) is 0.574. The van der Waals surface area contributed by atoms with Crippen LogP contribution in [0.25, 0.3) is 0 Å². The van der Waals surface area contributed by atoms with Gasteiger partial charge in [0, 0.05) is 29.9 Å². The van der Waals surface area contributed by atoms with Gasteiger partial charge in [0.25, 0.3) is 5.91 Å². The number of aliphatic hydroxyl groups is 1. The summed E-state index contributed by atoms with van der Waals surface area (Å²) in [5.41, 5.74) is 1.65. The zero-order chi connectivity index (χ0) is 22.5. The van der Waals surface area contributed by atoms with E-state index in [1.807, 2.05) is 72.1 Å². The third-order valence-electron chi connectivity index (χ3n) is 5.22. The molecule has 2 amide bonds. The van der Waals surface area contributed by atoms with Crippen molar-refractivity contribution in [1.29, 1.82) is 0 Å². The second kappa shape index (κ2) is 10.2. The Bertz CT molecular complexity index is 1060. The molecule has 0 bridgehead atoms. The van der Waals surface area contributed by atoms with Crippen LogP contribution in [-0.4, -0.2) is 48.2 Å². The summed E-state index contributed by atoms with van der Waals surface area (Å²) >= 11 is 3.02. The molecule has 1 aromatic heterocycles. The fraction of sp³-hybridized carbons (Fsp3) is 0.250. The van der Waals surface area contributed by atoms with Crippen LogP contribution in [0.4, 0.5) is 10.5 Å². The summed E-state index contributed by atoms with van der Waals surface area (Å²) in [6.07, 6.45) is -1.64. The molecule has 1 aliphatic rings. The van der Waals surface area contributed by atoms with E-state index < -0.39 is 12.2 Å². The number of hydrogen-bond acceptors (Lipinski definition) is 6. The number of likely N-dealkylation sites (N-methyl/N-ethyl adjacent to an activating group) is 1. The first-order valence-electron chi connectivity index (χ1n) is 10.2. The molecule has 3 aromatic rings. The Kier molecular flexibility index (Phi) is 7.14. The number of amides is 2. The summed E-state index contributed by atoms with van der Waals surface area (Å²) in [7, 11) is 1.64. The van der Waals surface area contributed by atoms with Gasteiger partial charge in [-0.15, -0.1) is 23.1 Å². The lowest BCUT2D eigenvalue weighted by atomic mass is 10.1. The van der Waals surface area contributed by atoms with Gasteiger partial charge in [-0.25, -0.2) is 4.79 Å². The predicted molar refractivity (Wildman–Crippen MR) is 127 cm³/mol. The molecule has 0 fully saturated rings. The van der Waals surface area contributed by atoms with Gasteiger partial charge < -0.3 is 19.6 Å². The van der Waals surface area contributed by atoms with Crippen LogP contribution in [0.2, 0.25) is 0 Å². The smallest absolute Gasteiger partial charge is 0.409 e. The van der Waals surface area contributed by atoms with Gasteiger partial charge in [-0.1, -0.05) is 48.5 Å². The number of thiophene rings is 1. The van der Waals surface area contributed by atoms with E-state index in [9.17, 15) is 14.7 Å². The van der Waals surface area contributed by atoms with E-state index in [2.05, 4.69) is 0 Å². The molecule has 0 saturated heterocycles. The van der Waals surface area contributed by atoms with Crippen molar-refractivity contribution in [3.05, 3.63) is 82.6 Å². The molecule has 1 N–H and O–H groups in total. The van der Waals surface area contributed by atoms with E-state index in [1.165, 1.54) is 28.0 Å². The SMILES string of the molecule is CN(CCN1C(=O)[C@H](O)[C@H](c2cccs2)Sc2ccccc21)C(=O)OCc1ccccc1. The first-order chi connectivity index (χ1) is 15.5. The number of benzene rings is 2. The minimum atomic E-state index is -1.18. The van der Waals surface area contributed by atoms with Crippen molar-refractivity contribution in [3.8, 4) is 0 Å². The predicted octanol–water partition coefficient (Wildman–Crippen LogP) is 4.56. The van der Waals surface area contributed by atoms with Crippen molar-refractivity contribution in [2.24, 2.45) is 0 Å². The van der Waals surface area contributed by atoms with Crippen LogP contribution in [0.15, 0.2) is 77.0 Å². The molecule has 0 radical (unpaired) electrons. The second-order valence-corrected chi connectivity index (χ2v) is 9.58. The highest BCUT2D eigenvalue weighted by atomic mass is 32.2. The first kappa shape index (κ1) is 22.4. The molecule has 8 heteroatoms. The molecule has 4 rings (SSSR count). The van der Waals surface area contributed by atoms with Crippen LogP contribution < -0.4 is 4.90 Å². The van der Waals surface area contributed by atoms with E-state index in [0.717, 1.165) is 21.0 Å². The molecule has 166 valence electrons. The Morgan fingerprint density at radius 3 is 2.59 bits per heavy atom. The number of ether oxygens (including phenoxy) is 1. The highest BCUT2D eigenvalue weighted by Crippen LogP contribution is 2.46. The monoisotopic (exact) mass is 468 g/mol. The third-order valence-corrected chi connectivity index (χ3v) is 7.68. The molecule has 0 unspecified atom stereocenters. The van der Waals surface area contributed by atoms with Gasteiger partial charge >= 0.3 is 6.09 Å². The Morgan fingerprint density at radius 2 is 1.84 bits per heavy atom. The molecular formula is C24H24N2O4S2. The molecule has 6 nitrogen and oxygen atoms in total. The minimum Gasteiger partial charge on any atom is -0.445 e. The van der Waals surface area contributed by atoms with Crippen LogP contribution in [-0.2, 0) is 16.1 Å². The molecule has 2 aromatic carbocycles. The standard InChI is InChI=1S/C24H24N2O4S2/c1-25(24(29)30-16-17-8-3-2-4-9-17)13-14-26-18-10-5-6-11-19(18)32-22(21(27)23(26)28)20-12-7-15-31-20/h2-12,15,21-22,27H,13-14,16H2,1H3/t21-,22+/m1/s1. The maximum atomic E-state index is 13.2. The van der Waals surface area contributed by atoms with Crippen molar-refractivity contribution >= 4 is 40.8 Å². The van der Waals surface area contributed by atoms with Crippen molar-refractivity contribution in [1.82, 2.24) is 4.90 Å². The zero-order valence-corrected chi connectivity index (χ0v) is 19.2. The fourth-order valence-electron chi connectivity index (χ4n) is 3.46. The van der Waals surface area contributed by atoms with E-state index in [4.69, 9.17) is 4.74 Å². The molecule has 0 saturated carbocycles. The number of para-hydroxylation sites is 1. The number of aliphatic hydroxyl groups excluding tert-OH is 1. The zero-order valence-electron chi connectivity index (χ0n) is 17.6. The molecule has 2 atom stereocenters. The molecule has 32 heavy (non-hydrogen) atoms. The number of hydrogen-bond donors (Lipinski definition) is 1. The highest BCUT2D eigenvalue weighted by Gasteiger charge is 2.37. The van der Waals surface area contributed by atoms with Gasteiger partial charge in [-0.3, -0.25) is 4.79 Å². The topological polar surface area (TPSA) is 70.1 Å². The van der Waals surface area contributed by atoms with Crippen LogP contribution in [0.5, 0.6) is 0 Å². The van der Waals surface area contributed by atoms with Crippen molar-refractivity contribution < 1.29 is 19.4 Å². The summed E-state index contributed by atoms with van der Waals surface area (Å²) in [6, 6.07) is 20.9. The van der Waals surface area contributed by atoms with E-state index in [1.54, 1.807) is 11.9 Å². The van der Waals surface area contributed by atoms with E-state index in [0.29, 0.717) is 0 Å². The molecule has 2 heterocycles. The van der Waals surface area contributed by atoms with Crippen LogP contribution >= 0.6 is 23.1 Å². The second-order valence-electron chi connectivity index (χ2n) is 7.42. The average molecular weight is 469 g/mol. The number of nitrogens with zero attached hydrogens (tertiary/aromatic N) is 2. The Labute approximate surface area is 195 Å². The first-order valence-corrected chi connectivity index (χ1v) is 12.0. The summed E-state index contributed by atoms with van der Waals surface area (Å²) < 4.78 is 5.37. The molecule has 0 aliphatic carbocycles. The van der Waals surface area contributed by atoms with Crippen LogP contribution in [0.1, 0.15) is 15.7 Å². The van der Waals surface area contributed by atoms with Gasteiger partial charge in [0.2, 0.25) is 0 Å². The number of rotatable bonds is 6. The lowest BCUT2D eigenvalue weighted by molar-refractivity contribution is -0.126. The number of fused-ring (bicyclic) bond motifs is 1. The van der Waals surface area contributed by atoms with Gasteiger partial charge in [-0.05, 0) is 29.1 Å². The number of thioether (sulfide) groups is 1. The van der Waals surface area contributed by atoms with Gasteiger partial charge in [0.1, 0.15) is 12.7 Å². The Hall–Kier alpha value is -2.81. The van der Waals surface area contributed by atoms with Gasteiger partial charge in [-0.2, -0.15) is 0 Å². The minimum absolute atomic E-state index is 0.188. The summed E-state index contributed by atoms with van der Waals surface area (Å²) in [6.45, 7) is 0.712. The maximum absolute atomic E-state index is 13.2. The third kappa shape index (κ3) is 4.98. The summed E-state index contributed by atoms with van der Waals surface area (Å²) in [5.74, 6) is -0.369. The number of anilines is 1. The lowest BCUT2D eigenvalue weighted by Crippen LogP contribution is -2.44. The number of carbonyl (C=O) groups is 2. The Morgan fingerprint density at radius 1 is 1.09 bits per heavy atom. The highest BCUT2D eigenvalue weighted by molar-refractivity contribution is 8.00. The van der Waals surface area contributed by atoms with Crippen molar-refractivity contribution in [3.63, 3.8) is 0 Å². The van der Waals surface area contributed by atoms with Crippen molar-refractivity contribution in [2.75, 3.05) is 25.0 Å². The largest absolute Gasteiger partial charge is 0.445 e. The number of carbonyl (C=O) groups excluding carboxylic acids is 2. The lowest BCUT2D eigenvalue weighted by Gasteiger charge is -2.27. The normalized spacial score (nSPS) is 18.1. The maximum Gasteiger partial charge on any atom is 0.409 e. The van der Waals surface area contributed by atoms with E-state index >= 15 is 0 Å². The van der Waals surface area contributed by atoms with Gasteiger partial charge in [0.15, 0.2) is 0 Å². The summed E-state index contributed by atoms with van der Waals surface area (Å²) in [5, 5.41) is 12.5. The Balaban J connectivity index is 1.45. The van der Waals surface area contributed by atoms with Gasteiger partial charge in [0.05, 0.1) is 10.9 Å². The molecule has 1 aliphatic heterocycles. The summed E-state index contributed by atoms with van der Waals surface area (Å²) in [4.78, 5) is 30.5. The molecule has 0 spiro atoms.